The summed E-state index contributed by atoms with van der Waals surface area (Å²) >= 11 is 0. The van der Waals surface area contributed by atoms with Crippen molar-refractivity contribution in [2.75, 3.05) is 0 Å². The minimum atomic E-state index is -0.260. The molecular formula is C20H14F2N2. The number of nitrogens with zero attached hydrogens (tertiary/aromatic N) is 2. The third-order valence-corrected chi connectivity index (χ3v) is 3.34. The van der Waals surface area contributed by atoms with E-state index >= 15 is 0 Å². The Kier molecular flexibility index (Phi) is 4.87. The summed E-state index contributed by atoms with van der Waals surface area (Å²) in [5, 5.41) is 8.23. The monoisotopic (exact) mass is 320 g/mol. The number of rotatable bonds is 4. The number of hydrogen-bond acceptors (Lipinski definition) is 2. The smallest absolute Gasteiger partial charge is 0.123 e. The average Bonchev–Trinajstić information content (AvgIpc) is 2.62. The summed E-state index contributed by atoms with van der Waals surface area (Å²) in [5.74, 6) is -0.520. The molecule has 0 aliphatic rings. The quantitative estimate of drug-likeness (QED) is 0.668. The lowest BCUT2D eigenvalue weighted by Crippen LogP contribution is -1.88. The van der Waals surface area contributed by atoms with E-state index in [1.807, 2.05) is 36.4 Å². The summed E-state index contributed by atoms with van der Waals surface area (Å²) in [7, 11) is 0. The van der Waals surface area contributed by atoms with Gasteiger partial charge in [0.15, 0.2) is 0 Å². The van der Waals surface area contributed by atoms with Crippen LogP contribution < -0.4 is 0 Å². The maximum atomic E-state index is 12.8. The molecule has 3 rings (SSSR count). The molecule has 0 aliphatic carbocycles. The molecule has 0 atom stereocenters. The fourth-order valence-electron chi connectivity index (χ4n) is 2.04. The molecule has 1 heterocycles. The van der Waals surface area contributed by atoms with Gasteiger partial charge in [0, 0.05) is 0 Å². The number of aromatic nitrogens is 2. The summed E-state index contributed by atoms with van der Waals surface area (Å²) < 4.78 is 25.7. The van der Waals surface area contributed by atoms with E-state index < -0.39 is 0 Å². The van der Waals surface area contributed by atoms with Crippen LogP contribution in [0.4, 0.5) is 8.78 Å². The molecule has 2 nitrogen and oxygen atoms in total. The summed E-state index contributed by atoms with van der Waals surface area (Å²) in [6.45, 7) is 0. The highest BCUT2D eigenvalue weighted by molar-refractivity contribution is 5.70. The molecule has 0 N–H and O–H groups in total. The van der Waals surface area contributed by atoms with E-state index in [1.54, 1.807) is 24.3 Å². The Morgan fingerprint density at radius 2 is 0.875 bits per heavy atom. The molecule has 1 aromatic heterocycles. The number of halogens is 2. The first kappa shape index (κ1) is 15.7. The van der Waals surface area contributed by atoms with E-state index in [0.717, 1.165) is 11.1 Å². The van der Waals surface area contributed by atoms with Crippen LogP contribution in [0.25, 0.3) is 24.3 Å². The number of benzene rings is 2. The maximum Gasteiger partial charge on any atom is 0.123 e. The van der Waals surface area contributed by atoms with Crippen LogP contribution in [0.5, 0.6) is 0 Å². The molecular weight excluding hydrogens is 306 g/mol. The van der Waals surface area contributed by atoms with E-state index in [-0.39, 0.29) is 11.6 Å². The van der Waals surface area contributed by atoms with Gasteiger partial charge >= 0.3 is 0 Å². The fourth-order valence-corrected chi connectivity index (χ4v) is 2.04. The van der Waals surface area contributed by atoms with Crippen molar-refractivity contribution in [2.24, 2.45) is 0 Å². The normalized spacial score (nSPS) is 11.4. The zero-order chi connectivity index (χ0) is 16.8. The van der Waals surface area contributed by atoms with E-state index in [0.29, 0.717) is 11.4 Å². The predicted molar refractivity (Wildman–Crippen MR) is 92.7 cm³/mol. The van der Waals surface area contributed by atoms with E-state index in [1.165, 1.54) is 24.3 Å². The van der Waals surface area contributed by atoms with Gasteiger partial charge in [0.25, 0.3) is 0 Å². The van der Waals surface area contributed by atoms with Crippen molar-refractivity contribution in [3.05, 3.63) is 94.8 Å². The van der Waals surface area contributed by atoms with Crippen molar-refractivity contribution < 1.29 is 8.78 Å². The van der Waals surface area contributed by atoms with Crippen LogP contribution in [0.3, 0.4) is 0 Å². The van der Waals surface area contributed by atoms with Gasteiger partial charge in [-0.1, -0.05) is 36.4 Å². The highest BCUT2D eigenvalue weighted by Crippen LogP contribution is 2.10. The second-order valence-electron chi connectivity index (χ2n) is 5.15. The first-order valence-electron chi connectivity index (χ1n) is 7.40. The summed E-state index contributed by atoms with van der Waals surface area (Å²) in [6, 6.07) is 16.1. The van der Waals surface area contributed by atoms with Crippen molar-refractivity contribution in [1.29, 1.82) is 0 Å². The molecule has 3 aromatic rings. The summed E-state index contributed by atoms with van der Waals surface area (Å²) in [4.78, 5) is 0. The molecule has 0 saturated heterocycles. The molecule has 0 aliphatic heterocycles. The van der Waals surface area contributed by atoms with Crippen LogP contribution >= 0.6 is 0 Å². The molecule has 0 unspecified atom stereocenters. The van der Waals surface area contributed by atoms with Crippen LogP contribution in [0, 0.1) is 11.6 Å². The van der Waals surface area contributed by atoms with Gasteiger partial charge in [-0.25, -0.2) is 8.78 Å². The molecule has 0 radical (unpaired) electrons. The Balaban J connectivity index is 1.66. The van der Waals surface area contributed by atoms with Gasteiger partial charge in [-0.3, -0.25) is 0 Å². The third-order valence-electron chi connectivity index (χ3n) is 3.34. The topological polar surface area (TPSA) is 25.8 Å². The fraction of sp³-hybridized carbons (Fsp3) is 0. The Morgan fingerprint density at radius 1 is 0.500 bits per heavy atom. The molecule has 24 heavy (non-hydrogen) atoms. The van der Waals surface area contributed by atoms with Crippen molar-refractivity contribution >= 4 is 24.3 Å². The minimum Gasteiger partial charge on any atom is -0.207 e. The Labute approximate surface area is 138 Å². The lowest BCUT2D eigenvalue weighted by Gasteiger charge is -1.96. The van der Waals surface area contributed by atoms with Crippen LogP contribution in [0.15, 0.2) is 60.7 Å². The molecule has 0 fully saturated rings. The molecule has 0 spiro atoms. The van der Waals surface area contributed by atoms with Gasteiger partial charge < -0.3 is 0 Å². The van der Waals surface area contributed by atoms with Gasteiger partial charge in [-0.05, 0) is 59.7 Å². The summed E-state index contributed by atoms with van der Waals surface area (Å²) in [5.41, 5.74) is 3.19. The molecule has 0 bridgehead atoms. The molecule has 2 aromatic carbocycles. The lowest BCUT2D eigenvalue weighted by molar-refractivity contribution is 0.627. The average molecular weight is 320 g/mol. The first-order chi connectivity index (χ1) is 11.7. The highest BCUT2D eigenvalue weighted by atomic mass is 19.1. The first-order valence-corrected chi connectivity index (χ1v) is 7.40. The van der Waals surface area contributed by atoms with Gasteiger partial charge in [0.1, 0.15) is 11.6 Å². The van der Waals surface area contributed by atoms with Gasteiger partial charge in [0.2, 0.25) is 0 Å². The molecule has 0 amide bonds. The zero-order valence-electron chi connectivity index (χ0n) is 12.7. The van der Waals surface area contributed by atoms with E-state index in [4.69, 9.17) is 0 Å². The SMILES string of the molecule is Fc1ccc(/C=C\c2ccc(/C=C\c3ccc(F)cc3)nn2)cc1. The predicted octanol–water partition coefficient (Wildman–Crippen LogP) is 5.10. The zero-order valence-corrected chi connectivity index (χ0v) is 12.7. The van der Waals surface area contributed by atoms with E-state index in [9.17, 15) is 8.78 Å². The van der Waals surface area contributed by atoms with Crippen LogP contribution in [0.2, 0.25) is 0 Å². The Morgan fingerprint density at radius 3 is 1.21 bits per heavy atom. The molecule has 118 valence electrons. The lowest BCUT2D eigenvalue weighted by atomic mass is 10.2. The van der Waals surface area contributed by atoms with Crippen molar-refractivity contribution in [1.82, 2.24) is 10.2 Å². The van der Waals surface area contributed by atoms with Crippen LogP contribution in [0.1, 0.15) is 22.5 Å². The van der Waals surface area contributed by atoms with Crippen molar-refractivity contribution in [3.8, 4) is 0 Å². The standard InChI is InChI=1S/C20H14F2N2/c21-17-7-1-15(2-8-17)5-11-19-13-14-20(24-23-19)12-6-16-3-9-18(22)10-4-16/h1-14H/b11-5-,12-6-. The van der Waals surface area contributed by atoms with Crippen LogP contribution in [-0.4, -0.2) is 10.2 Å². The third kappa shape index (κ3) is 4.43. The summed E-state index contributed by atoms with van der Waals surface area (Å²) in [6.07, 6.45) is 7.32. The van der Waals surface area contributed by atoms with Gasteiger partial charge in [-0.15, -0.1) is 0 Å². The second-order valence-corrected chi connectivity index (χ2v) is 5.15. The second kappa shape index (κ2) is 7.42. The van der Waals surface area contributed by atoms with Gasteiger partial charge in [-0.2, -0.15) is 10.2 Å². The van der Waals surface area contributed by atoms with Crippen LogP contribution in [-0.2, 0) is 0 Å². The highest BCUT2D eigenvalue weighted by Gasteiger charge is 1.94. The largest absolute Gasteiger partial charge is 0.207 e. The van der Waals surface area contributed by atoms with E-state index in [2.05, 4.69) is 10.2 Å². The Hall–Kier alpha value is -3.14. The maximum absolute atomic E-state index is 12.8. The minimum absolute atomic E-state index is 0.260. The van der Waals surface area contributed by atoms with Gasteiger partial charge in [0.05, 0.1) is 11.4 Å². The van der Waals surface area contributed by atoms with Crippen molar-refractivity contribution in [3.63, 3.8) is 0 Å². The number of hydrogen-bond donors (Lipinski definition) is 0. The molecule has 0 saturated carbocycles. The molecule has 4 heteroatoms. The Bertz CT molecular complexity index is 775. The van der Waals surface area contributed by atoms with Crippen molar-refractivity contribution in [2.45, 2.75) is 0 Å².